The summed E-state index contributed by atoms with van der Waals surface area (Å²) < 4.78 is 6.59. The molecule has 10 heteroatoms. The molecule has 1 saturated heterocycles. The molecule has 2 heterocycles. The highest BCUT2D eigenvalue weighted by atomic mass is 35.5. The number of Topliss-reactive ketones (excluding diaryl/α,β-unsaturated/α-hetero) is 1. The van der Waals surface area contributed by atoms with E-state index in [0.717, 1.165) is 16.7 Å². The zero-order valence-electron chi connectivity index (χ0n) is 23.5. The van der Waals surface area contributed by atoms with Gasteiger partial charge in [-0.1, -0.05) is 101 Å². The van der Waals surface area contributed by atoms with Gasteiger partial charge in [0, 0.05) is 16.3 Å². The lowest BCUT2D eigenvalue weighted by molar-refractivity contribution is -0.132. The third-order valence-corrected chi connectivity index (χ3v) is 9.60. The second kappa shape index (κ2) is 13.1. The number of thioether (sulfide) groups is 1. The average Bonchev–Trinajstić information content (AvgIpc) is 3.62. The number of nitrogens with zero attached hydrogens (tertiary/aromatic N) is 3. The van der Waals surface area contributed by atoms with Crippen molar-refractivity contribution in [3.05, 3.63) is 142 Å². The van der Waals surface area contributed by atoms with Crippen LogP contribution in [0.3, 0.4) is 0 Å². The van der Waals surface area contributed by atoms with Crippen LogP contribution in [0.4, 0.5) is 5.13 Å². The van der Waals surface area contributed by atoms with Crippen LogP contribution < -0.4 is 9.64 Å². The van der Waals surface area contributed by atoms with Crippen molar-refractivity contribution in [2.45, 2.75) is 29.7 Å². The summed E-state index contributed by atoms with van der Waals surface area (Å²) in [5.41, 5.74) is 4.31. The molecule has 1 fully saturated rings. The van der Waals surface area contributed by atoms with E-state index in [1.807, 2.05) is 85.8 Å². The fourth-order valence-corrected chi connectivity index (χ4v) is 6.81. The Kier molecular flexibility index (Phi) is 8.79. The SMILES string of the molecule is Cc1ccccc1COc1ccc(C(O)=C2C(=O)C(=O)N(c3nnc(SCc4ccc(Cl)cc4)s3)C2c2ccccc2)cc1. The molecule has 1 aromatic heterocycles. The van der Waals surface area contributed by atoms with Crippen LogP contribution >= 0.6 is 34.7 Å². The topological polar surface area (TPSA) is 92.6 Å². The Morgan fingerprint density at radius 2 is 1.64 bits per heavy atom. The smallest absolute Gasteiger partial charge is 0.301 e. The highest BCUT2D eigenvalue weighted by molar-refractivity contribution is 8.00. The van der Waals surface area contributed by atoms with Crippen molar-refractivity contribution in [3.8, 4) is 5.75 Å². The number of hydrogen-bond donors (Lipinski definition) is 1. The van der Waals surface area contributed by atoms with E-state index in [1.54, 1.807) is 24.3 Å². The number of hydrogen-bond acceptors (Lipinski definition) is 8. The lowest BCUT2D eigenvalue weighted by Crippen LogP contribution is -2.29. The van der Waals surface area contributed by atoms with E-state index in [0.29, 0.717) is 38.6 Å². The Morgan fingerprint density at radius 3 is 2.36 bits per heavy atom. The summed E-state index contributed by atoms with van der Waals surface area (Å²) in [5, 5.41) is 21.0. The van der Waals surface area contributed by atoms with E-state index >= 15 is 0 Å². The first-order valence-corrected chi connectivity index (χ1v) is 15.9. The molecule has 1 N–H and O–H groups in total. The van der Waals surface area contributed by atoms with Crippen molar-refractivity contribution < 1.29 is 19.4 Å². The molecule has 220 valence electrons. The Labute approximate surface area is 267 Å². The summed E-state index contributed by atoms with van der Waals surface area (Å²) in [4.78, 5) is 28.3. The van der Waals surface area contributed by atoms with Crippen LogP contribution in [0, 0.1) is 6.92 Å². The molecule has 1 aliphatic heterocycles. The number of amides is 1. The highest BCUT2D eigenvalue weighted by Crippen LogP contribution is 2.44. The number of aromatic nitrogens is 2. The van der Waals surface area contributed by atoms with Gasteiger partial charge in [0.2, 0.25) is 5.13 Å². The van der Waals surface area contributed by atoms with Crippen molar-refractivity contribution in [2.75, 3.05) is 4.90 Å². The number of halogens is 1. The Morgan fingerprint density at radius 1 is 0.932 bits per heavy atom. The minimum Gasteiger partial charge on any atom is -0.507 e. The van der Waals surface area contributed by atoms with Gasteiger partial charge in [-0.25, -0.2) is 0 Å². The molecule has 1 unspecified atom stereocenters. The Bertz CT molecular complexity index is 1840. The lowest BCUT2D eigenvalue weighted by Gasteiger charge is -2.22. The molecule has 0 spiro atoms. The normalized spacial score (nSPS) is 16.0. The number of anilines is 1. The van der Waals surface area contributed by atoms with Crippen molar-refractivity contribution in [1.29, 1.82) is 0 Å². The van der Waals surface area contributed by atoms with E-state index in [1.165, 1.54) is 28.0 Å². The number of carbonyl (C=O) groups is 2. The van der Waals surface area contributed by atoms with E-state index in [4.69, 9.17) is 16.3 Å². The molecule has 4 aromatic carbocycles. The molecular formula is C34H26ClN3O4S2. The summed E-state index contributed by atoms with van der Waals surface area (Å²) in [7, 11) is 0. The lowest BCUT2D eigenvalue weighted by atomic mass is 9.95. The second-order valence-corrected chi connectivity index (χ2v) is 12.7. The summed E-state index contributed by atoms with van der Waals surface area (Å²) in [6.45, 7) is 2.43. The number of benzene rings is 4. The van der Waals surface area contributed by atoms with Crippen molar-refractivity contribution >= 4 is 57.3 Å². The van der Waals surface area contributed by atoms with Gasteiger partial charge in [-0.05, 0) is 65.6 Å². The van der Waals surface area contributed by atoms with Gasteiger partial charge >= 0.3 is 5.91 Å². The maximum absolute atomic E-state index is 13.5. The molecule has 7 nitrogen and oxygen atoms in total. The van der Waals surface area contributed by atoms with Gasteiger partial charge < -0.3 is 9.84 Å². The third kappa shape index (κ3) is 6.26. The average molecular weight is 640 g/mol. The molecule has 5 aromatic rings. The van der Waals surface area contributed by atoms with Crippen molar-refractivity contribution in [1.82, 2.24) is 10.2 Å². The second-order valence-electron chi connectivity index (χ2n) is 10.1. The van der Waals surface area contributed by atoms with Crippen LogP contribution in [0.2, 0.25) is 5.02 Å². The number of aryl methyl sites for hydroxylation is 1. The monoisotopic (exact) mass is 639 g/mol. The predicted octanol–water partition coefficient (Wildman–Crippen LogP) is 8.00. The largest absolute Gasteiger partial charge is 0.507 e. The first-order valence-electron chi connectivity index (χ1n) is 13.7. The molecule has 1 aliphatic rings. The fourth-order valence-electron chi connectivity index (χ4n) is 4.86. The zero-order valence-corrected chi connectivity index (χ0v) is 25.9. The van der Waals surface area contributed by atoms with Gasteiger partial charge in [0.25, 0.3) is 5.78 Å². The minimum absolute atomic E-state index is 0.0136. The number of carbonyl (C=O) groups excluding carboxylic acids is 2. The first-order chi connectivity index (χ1) is 21.4. The third-order valence-electron chi connectivity index (χ3n) is 7.22. The van der Waals surface area contributed by atoms with Crippen LogP contribution in [-0.4, -0.2) is 27.0 Å². The van der Waals surface area contributed by atoms with Crippen molar-refractivity contribution in [2.24, 2.45) is 0 Å². The van der Waals surface area contributed by atoms with E-state index in [2.05, 4.69) is 10.2 Å². The van der Waals surface area contributed by atoms with Gasteiger partial charge in [0.1, 0.15) is 18.1 Å². The van der Waals surface area contributed by atoms with Gasteiger partial charge in [0.05, 0.1) is 11.6 Å². The molecule has 0 aliphatic carbocycles. The summed E-state index contributed by atoms with van der Waals surface area (Å²) >= 11 is 8.69. The molecule has 1 atom stereocenters. The summed E-state index contributed by atoms with van der Waals surface area (Å²) in [5.74, 6) is -0.586. The van der Waals surface area contributed by atoms with E-state index in [9.17, 15) is 14.7 Å². The molecule has 0 saturated carbocycles. The van der Waals surface area contributed by atoms with Crippen LogP contribution in [0.25, 0.3) is 5.76 Å². The van der Waals surface area contributed by atoms with Gasteiger partial charge in [-0.2, -0.15) is 0 Å². The van der Waals surface area contributed by atoms with Crippen LogP contribution in [0.15, 0.2) is 113 Å². The number of rotatable bonds is 9. The van der Waals surface area contributed by atoms with Crippen LogP contribution in [0.1, 0.15) is 33.9 Å². The fraction of sp³-hybridized carbons (Fsp3) is 0.118. The number of aliphatic hydroxyl groups is 1. The van der Waals surface area contributed by atoms with Crippen LogP contribution in [0.5, 0.6) is 5.75 Å². The van der Waals surface area contributed by atoms with E-state index in [-0.39, 0.29) is 16.5 Å². The molecule has 0 radical (unpaired) electrons. The zero-order chi connectivity index (χ0) is 30.6. The number of ketones is 1. The summed E-state index contributed by atoms with van der Waals surface area (Å²) in [6.07, 6.45) is 0. The minimum atomic E-state index is -0.879. The van der Waals surface area contributed by atoms with Gasteiger partial charge in [-0.15, -0.1) is 10.2 Å². The van der Waals surface area contributed by atoms with Gasteiger partial charge in [0.15, 0.2) is 4.34 Å². The molecule has 0 bridgehead atoms. The summed E-state index contributed by atoms with van der Waals surface area (Å²) in [6, 6.07) is 30.6. The first kappa shape index (κ1) is 29.6. The standard InChI is InChI=1S/C34H26ClN3O4S2/c1-21-7-5-6-10-25(21)19-42-27-17-13-24(14-18-27)30(39)28-29(23-8-3-2-4-9-23)38(32(41)31(28)40)33-36-37-34(44-33)43-20-22-11-15-26(35)16-12-22/h2-18,29,39H,19-20H2,1H3. The molecular weight excluding hydrogens is 614 g/mol. The highest BCUT2D eigenvalue weighted by Gasteiger charge is 2.48. The maximum Gasteiger partial charge on any atom is 0.301 e. The maximum atomic E-state index is 13.5. The predicted molar refractivity (Wildman–Crippen MR) is 174 cm³/mol. The van der Waals surface area contributed by atoms with Crippen LogP contribution in [-0.2, 0) is 21.9 Å². The quantitative estimate of drug-likeness (QED) is 0.0574. The Balaban J connectivity index is 1.28. The number of ether oxygens (including phenoxy) is 1. The Hall–Kier alpha value is -4.44. The van der Waals surface area contributed by atoms with Crippen molar-refractivity contribution in [3.63, 3.8) is 0 Å². The molecule has 1 amide bonds. The molecule has 6 rings (SSSR count). The molecule has 44 heavy (non-hydrogen) atoms. The van der Waals surface area contributed by atoms with Gasteiger partial charge in [-0.3, -0.25) is 14.5 Å². The number of aliphatic hydroxyl groups excluding tert-OH is 1. The van der Waals surface area contributed by atoms with E-state index < -0.39 is 17.7 Å².